The predicted molar refractivity (Wildman–Crippen MR) is 70.6 cm³/mol. The van der Waals surface area contributed by atoms with E-state index in [1.165, 1.54) is 12.8 Å². The van der Waals surface area contributed by atoms with Gasteiger partial charge < -0.3 is 14.3 Å². The van der Waals surface area contributed by atoms with Gasteiger partial charge in [-0.3, -0.25) is 4.79 Å². The topological polar surface area (TPSA) is 52.6 Å². The van der Waals surface area contributed by atoms with Crippen molar-refractivity contribution in [3.63, 3.8) is 0 Å². The Morgan fingerprint density at radius 1 is 1.42 bits per heavy atom. The smallest absolute Gasteiger partial charge is 0.309 e. The Hall–Kier alpha value is -0.900. The third-order valence-electron chi connectivity index (χ3n) is 4.23. The Morgan fingerprint density at radius 3 is 2.74 bits per heavy atom. The molecule has 1 aliphatic carbocycles. The van der Waals surface area contributed by atoms with E-state index in [0.717, 1.165) is 19.1 Å². The van der Waals surface area contributed by atoms with Gasteiger partial charge in [0.1, 0.15) is 6.29 Å². The second-order valence-electron chi connectivity index (χ2n) is 5.81. The van der Waals surface area contributed by atoms with Crippen LogP contribution in [0.4, 0.5) is 0 Å². The summed E-state index contributed by atoms with van der Waals surface area (Å²) in [5, 5.41) is 0. The molecule has 0 N–H and O–H groups in total. The van der Waals surface area contributed by atoms with Gasteiger partial charge in [0, 0.05) is 6.42 Å². The van der Waals surface area contributed by atoms with E-state index in [2.05, 4.69) is 6.92 Å². The van der Waals surface area contributed by atoms with Crippen LogP contribution in [0.25, 0.3) is 0 Å². The maximum absolute atomic E-state index is 12.0. The van der Waals surface area contributed by atoms with Crippen molar-refractivity contribution in [2.24, 2.45) is 17.8 Å². The minimum Gasteiger partial charge on any atom is -0.466 e. The number of hydrogen-bond donors (Lipinski definition) is 0. The maximum Gasteiger partial charge on any atom is 0.309 e. The van der Waals surface area contributed by atoms with Crippen LogP contribution in [-0.2, 0) is 19.1 Å². The molecule has 19 heavy (non-hydrogen) atoms. The highest BCUT2D eigenvalue weighted by Gasteiger charge is 2.41. The zero-order chi connectivity index (χ0) is 13.8. The average Bonchev–Trinajstić information content (AvgIpc) is 3.19. The summed E-state index contributed by atoms with van der Waals surface area (Å²) in [6.45, 7) is 4.24. The van der Waals surface area contributed by atoms with E-state index in [1.54, 1.807) is 6.92 Å². The van der Waals surface area contributed by atoms with Crippen LogP contribution in [0.3, 0.4) is 0 Å². The van der Waals surface area contributed by atoms with Gasteiger partial charge in [-0.15, -0.1) is 0 Å². The molecule has 1 saturated carbocycles. The number of ether oxygens (including phenoxy) is 2. The average molecular weight is 268 g/mol. The van der Waals surface area contributed by atoms with Crippen LogP contribution in [0.2, 0.25) is 0 Å². The van der Waals surface area contributed by atoms with Gasteiger partial charge in [0.15, 0.2) is 0 Å². The van der Waals surface area contributed by atoms with Crippen molar-refractivity contribution in [2.75, 3.05) is 6.61 Å². The fourth-order valence-electron chi connectivity index (χ4n) is 3.16. The van der Waals surface area contributed by atoms with E-state index in [-0.39, 0.29) is 36.4 Å². The third-order valence-corrected chi connectivity index (χ3v) is 4.23. The summed E-state index contributed by atoms with van der Waals surface area (Å²) in [7, 11) is 0. The summed E-state index contributed by atoms with van der Waals surface area (Å²) in [6.07, 6.45) is 5.78. The first kappa shape index (κ1) is 14.5. The molecule has 108 valence electrons. The molecule has 4 heteroatoms. The Labute approximate surface area is 114 Å². The molecule has 2 rings (SSSR count). The molecule has 0 bridgehead atoms. The van der Waals surface area contributed by atoms with Crippen LogP contribution in [0, 0.1) is 17.8 Å². The summed E-state index contributed by atoms with van der Waals surface area (Å²) in [4.78, 5) is 22.8. The van der Waals surface area contributed by atoms with Crippen molar-refractivity contribution in [3.8, 4) is 0 Å². The van der Waals surface area contributed by atoms with Crippen LogP contribution in [0.5, 0.6) is 0 Å². The van der Waals surface area contributed by atoms with Gasteiger partial charge in [-0.2, -0.15) is 0 Å². The lowest BCUT2D eigenvalue weighted by atomic mass is 9.79. The van der Waals surface area contributed by atoms with Gasteiger partial charge in [-0.25, -0.2) is 0 Å². The quantitative estimate of drug-likeness (QED) is 0.548. The molecular weight excluding hydrogens is 244 g/mol. The molecule has 0 spiro atoms. The minimum atomic E-state index is -0.287. The van der Waals surface area contributed by atoms with Gasteiger partial charge in [0.25, 0.3) is 0 Å². The minimum absolute atomic E-state index is 0.174. The first-order valence-electron chi connectivity index (χ1n) is 7.41. The van der Waals surface area contributed by atoms with E-state index in [9.17, 15) is 9.59 Å². The van der Waals surface area contributed by atoms with E-state index >= 15 is 0 Å². The predicted octanol–water partition coefficient (Wildman–Crippen LogP) is 2.35. The summed E-state index contributed by atoms with van der Waals surface area (Å²) in [5.41, 5.74) is 0. The highest BCUT2D eigenvalue weighted by molar-refractivity contribution is 5.75. The lowest BCUT2D eigenvalue weighted by Gasteiger charge is -2.37. The monoisotopic (exact) mass is 268 g/mol. The van der Waals surface area contributed by atoms with Gasteiger partial charge >= 0.3 is 5.97 Å². The Kier molecular flexibility index (Phi) is 4.97. The zero-order valence-electron chi connectivity index (χ0n) is 11.8. The van der Waals surface area contributed by atoms with Gasteiger partial charge in [0.05, 0.1) is 24.7 Å². The van der Waals surface area contributed by atoms with E-state index < -0.39 is 0 Å². The van der Waals surface area contributed by atoms with Gasteiger partial charge in [-0.1, -0.05) is 0 Å². The van der Waals surface area contributed by atoms with E-state index in [1.807, 2.05) is 0 Å². The van der Waals surface area contributed by atoms with Crippen molar-refractivity contribution >= 4 is 12.3 Å². The molecule has 4 nitrogen and oxygen atoms in total. The molecule has 1 heterocycles. The molecule has 0 radical (unpaired) electrons. The van der Waals surface area contributed by atoms with Crippen LogP contribution >= 0.6 is 0 Å². The number of carbonyl (C=O) groups excluding carboxylic acids is 2. The lowest BCUT2D eigenvalue weighted by Crippen LogP contribution is -2.38. The first-order chi connectivity index (χ1) is 9.15. The highest BCUT2D eigenvalue weighted by Crippen LogP contribution is 2.43. The fourth-order valence-corrected chi connectivity index (χ4v) is 3.16. The number of aldehydes is 1. The van der Waals surface area contributed by atoms with Crippen molar-refractivity contribution < 1.29 is 19.1 Å². The van der Waals surface area contributed by atoms with E-state index in [0.29, 0.717) is 12.5 Å². The standard InChI is InChI=1S/C15H24O4/c1-3-18-15(17)13(6-7-16)12-8-10(2)19-14(9-12)11-4-5-11/h7,10-14H,3-6,8-9H2,1-2H3/t10-,12-,13-,14+/m0/s1. The molecule has 2 aliphatic rings. The molecule has 2 fully saturated rings. The molecule has 1 saturated heterocycles. The summed E-state index contributed by atoms with van der Waals surface area (Å²) >= 11 is 0. The largest absolute Gasteiger partial charge is 0.466 e. The number of hydrogen-bond acceptors (Lipinski definition) is 4. The molecule has 0 aromatic heterocycles. The third kappa shape index (κ3) is 3.78. The molecule has 0 unspecified atom stereocenters. The SMILES string of the molecule is CCOC(=O)[C@@H](CC=O)[C@H]1C[C@H](C)O[C@@H](C2CC2)C1. The van der Waals surface area contributed by atoms with Crippen molar-refractivity contribution in [1.82, 2.24) is 0 Å². The fraction of sp³-hybridized carbons (Fsp3) is 0.867. The van der Waals surface area contributed by atoms with Crippen LogP contribution < -0.4 is 0 Å². The molecule has 0 aromatic carbocycles. The summed E-state index contributed by atoms with van der Waals surface area (Å²) in [6, 6.07) is 0. The Balaban J connectivity index is 2.01. The summed E-state index contributed by atoms with van der Waals surface area (Å²) < 4.78 is 11.1. The zero-order valence-corrected chi connectivity index (χ0v) is 11.8. The van der Waals surface area contributed by atoms with Crippen LogP contribution in [0.15, 0.2) is 0 Å². The number of rotatable bonds is 6. The number of carbonyl (C=O) groups is 2. The molecule has 0 aromatic rings. The molecule has 1 aliphatic heterocycles. The van der Waals surface area contributed by atoms with Crippen molar-refractivity contribution in [2.45, 2.75) is 58.2 Å². The molecular formula is C15H24O4. The second-order valence-corrected chi connectivity index (χ2v) is 5.81. The highest BCUT2D eigenvalue weighted by atomic mass is 16.5. The second kappa shape index (κ2) is 6.51. The number of esters is 1. The first-order valence-corrected chi connectivity index (χ1v) is 7.41. The Morgan fingerprint density at radius 2 is 2.16 bits per heavy atom. The lowest BCUT2D eigenvalue weighted by molar-refractivity contribution is -0.155. The van der Waals surface area contributed by atoms with Gasteiger partial charge in [0.2, 0.25) is 0 Å². The van der Waals surface area contributed by atoms with Crippen molar-refractivity contribution in [3.05, 3.63) is 0 Å². The summed E-state index contributed by atoms with van der Waals surface area (Å²) in [5.74, 6) is 0.385. The van der Waals surface area contributed by atoms with Crippen molar-refractivity contribution in [1.29, 1.82) is 0 Å². The normalized spacial score (nSPS) is 32.6. The molecule has 4 atom stereocenters. The van der Waals surface area contributed by atoms with Crippen LogP contribution in [0.1, 0.15) is 46.0 Å². The van der Waals surface area contributed by atoms with Crippen LogP contribution in [-0.4, -0.2) is 31.1 Å². The molecule has 0 amide bonds. The Bertz CT molecular complexity index is 324. The maximum atomic E-state index is 12.0. The van der Waals surface area contributed by atoms with E-state index in [4.69, 9.17) is 9.47 Å². The van der Waals surface area contributed by atoms with Gasteiger partial charge in [-0.05, 0) is 51.4 Å².